The number of hydrogen-bond acceptors (Lipinski definition) is 6. The molecule has 0 aliphatic heterocycles. The van der Waals surface area contributed by atoms with Crippen molar-refractivity contribution in [1.29, 1.82) is 0 Å². The monoisotopic (exact) mass is 313 g/mol. The molecule has 0 fully saturated rings. The first-order valence-electron chi connectivity index (χ1n) is 6.97. The first-order valence-corrected chi connectivity index (χ1v) is 6.97. The van der Waals surface area contributed by atoms with Gasteiger partial charge in [0.2, 0.25) is 0 Å². The van der Waals surface area contributed by atoms with Crippen LogP contribution in [0.3, 0.4) is 0 Å². The van der Waals surface area contributed by atoms with Gasteiger partial charge in [0.1, 0.15) is 0 Å². The molecule has 2 N–H and O–H groups in total. The first-order chi connectivity index (χ1) is 11.1. The van der Waals surface area contributed by atoms with Crippen LogP contribution in [0, 0.1) is 0 Å². The van der Waals surface area contributed by atoms with Crippen LogP contribution in [0.4, 0.5) is 5.82 Å². The van der Waals surface area contributed by atoms with Gasteiger partial charge in [-0.25, -0.2) is 4.68 Å². The first kappa shape index (κ1) is 14.9. The van der Waals surface area contributed by atoms with Crippen LogP contribution in [0.2, 0.25) is 0 Å². The van der Waals surface area contributed by atoms with E-state index in [0.29, 0.717) is 17.5 Å². The van der Waals surface area contributed by atoms with Gasteiger partial charge in [0.05, 0.1) is 18.7 Å². The van der Waals surface area contributed by atoms with Crippen LogP contribution in [0.15, 0.2) is 41.2 Å². The fourth-order valence-electron chi connectivity index (χ4n) is 2.25. The van der Waals surface area contributed by atoms with Gasteiger partial charge in [0.25, 0.3) is 11.5 Å². The molecule has 0 amide bonds. The van der Waals surface area contributed by atoms with E-state index in [1.807, 2.05) is 6.07 Å². The summed E-state index contributed by atoms with van der Waals surface area (Å²) in [6.07, 6.45) is 0. The van der Waals surface area contributed by atoms with Gasteiger partial charge in [0.15, 0.2) is 11.5 Å². The Morgan fingerprint density at radius 2 is 2.00 bits per heavy atom. The molecule has 8 heteroatoms. The molecule has 1 aromatic carbocycles. The molecule has 0 unspecified atom stereocenters. The van der Waals surface area contributed by atoms with E-state index in [1.54, 1.807) is 18.2 Å². The Bertz CT molecular complexity index is 928. The largest absolute Gasteiger partial charge is 0.383 e. The van der Waals surface area contributed by atoms with Crippen molar-refractivity contribution in [3.8, 4) is 0 Å². The lowest BCUT2D eigenvalue weighted by Gasteiger charge is -2.06. The minimum absolute atomic E-state index is 0.106. The summed E-state index contributed by atoms with van der Waals surface area (Å²) in [7, 11) is 1.53. The topological polar surface area (TPSA) is 105 Å². The molecule has 3 aromatic rings. The van der Waals surface area contributed by atoms with E-state index in [2.05, 4.69) is 10.2 Å². The summed E-state index contributed by atoms with van der Waals surface area (Å²) in [5.41, 5.74) is 6.23. The van der Waals surface area contributed by atoms with Crippen LogP contribution in [-0.2, 0) is 11.3 Å². The molecule has 0 atom stereocenters. The van der Waals surface area contributed by atoms with Crippen LogP contribution in [0.1, 0.15) is 10.5 Å². The average molecular weight is 313 g/mol. The van der Waals surface area contributed by atoms with E-state index in [0.717, 1.165) is 0 Å². The zero-order valence-electron chi connectivity index (χ0n) is 12.5. The Balaban J connectivity index is 2.04. The van der Waals surface area contributed by atoms with E-state index in [9.17, 15) is 9.59 Å². The van der Waals surface area contributed by atoms with Crippen LogP contribution in [0.25, 0.3) is 10.9 Å². The molecule has 0 spiro atoms. The molecular weight excluding hydrogens is 298 g/mol. The fraction of sp³-hybridized carbons (Fsp3) is 0.200. The molecule has 2 heterocycles. The van der Waals surface area contributed by atoms with Gasteiger partial charge in [-0.05, 0) is 18.2 Å². The van der Waals surface area contributed by atoms with Gasteiger partial charge < -0.3 is 10.5 Å². The second-order valence-electron chi connectivity index (χ2n) is 4.89. The molecule has 0 bridgehead atoms. The van der Waals surface area contributed by atoms with Gasteiger partial charge in [-0.2, -0.15) is 9.78 Å². The molecule has 2 aromatic heterocycles. The number of nitrogens with zero attached hydrogens (tertiary/aromatic N) is 4. The normalized spacial score (nSPS) is 11.0. The van der Waals surface area contributed by atoms with Crippen LogP contribution < -0.4 is 11.3 Å². The fourth-order valence-corrected chi connectivity index (χ4v) is 2.25. The van der Waals surface area contributed by atoms with Crippen LogP contribution >= 0.6 is 0 Å². The molecule has 118 valence electrons. The number of methoxy groups -OCH3 is 1. The Morgan fingerprint density at radius 1 is 1.22 bits per heavy atom. The molecule has 0 saturated heterocycles. The van der Waals surface area contributed by atoms with Crippen LogP contribution in [-0.4, -0.2) is 39.2 Å². The number of anilines is 1. The smallest absolute Gasteiger partial charge is 0.299 e. The van der Waals surface area contributed by atoms with Gasteiger partial charge in [-0.3, -0.25) is 9.59 Å². The summed E-state index contributed by atoms with van der Waals surface area (Å²) < 4.78 is 7.31. The zero-order valence-corrected chi connectivity index (χ0v) is 12.5. The van der Waals surface area contributed by atoms with E-state index in [4.69, 9.17) is 10.5 Å². The van der Waals surface area contributed by atoms with Crippen molar-refractivity contribution in [3.63, 3.8) is 0 Å². The lowest BCUT2D eigenvalue weighted by atomic mass is 10.2. The molecule has 23 heavy (non-hydrogen) atoms. The minimum atomic E-state index is -0.455. The third-order valence-corrected chi connectivity index (χ3v) is 3.40. The number of rotatable bonds is 4. The number of carbonyl (C=O) groups is 1. The van der Waals surface area contributed by atoms with Crippen molar-refractivity contribution < 1.29 is 9.53 Å². The van der Waals surface area contributed by atoms with Gasteiger partial charge in [-0.15, -0.1) is 5.10 Å². The number of fused-ring (bicyclic) bond motifs is 1. The SMILES string of the molecule is COCCn1nc(C(=O)n2nc(N)c3ccccc32)ccc1=O. The Hall–Kier alpha value is -3.00. The summed E-state index contributed by atoms with van der Waals surface area (Å²) >= 11 is 0. The second-order valence-corrected chi connectivity index (χ2v) is 4.89. The number of ether oxygens (including phenoxy) is 1. The highest BCUT2D eigenvalue weighted by Gasteiger charge is 2.17. The van der Waals surface area contributed by atoms with Crippen LogP contribution in [0.5, 0.6) is 0 Å². The van der Waals surface area contributed by atoms with Crippen molar-refractivity contribution in [2.75, 3.05) is 19.5 Å². The van der Waals surface area contributed by atoms with Crippen molar-refractivity contribution in [2.45, 2.75) is 6.54 Å². The lowest BCUT2D eigenvalue weighted by Crippen LogP contribution is -2.27. The van der Waals surface area contributed by atoms with Crippen molar-refractivity contribution in [1.82, 2.24) is 19.6 Å². The summed E-state index contributed by atoms with van der Waals surface area (Å²) in [5.74, 6) is -0.189. The highest BCUT2D eigenvalue weighted by atomic mass is 16.5. The Morgan fingerprint density at radius 3 is 2.78 bits per heavy atom. The van der Waals surface area contributed by atoms with E-state index in [1.165, 1.54) is 28.6 Å². The van der Waals surface area contributed by atoms with E-state index in [-0.39, 0.29) is 23.6 Å². The van der Waals surface area contributed by atoms with E-state index >= 15 is 0 Å². The molecular formula is C15H15N5O3. The summed E-state index contributed by atoms with van der Waals surface area (Å²) in [6.45, 7) is 0.584. The molecule has 0 radical (unpaired) electrons. The standard InChI is InChI=1S/C15H15N5O3/c1-23-9-8-19-13(21)7-6-11(17-19)15(22)20-12-5-3-2-4-10(12)14(16)18-20/h2-7H,8-9H2,1H3,(H2,16,18). The Labute approximate surface area is 131 Å². The van der Waals surface area contributed by atoms with Crippen molar-refractivity contribution >= 4 is 22.6 Å². The van der Waals surface area contributed by atoms with Crippen molar-refractivity contribution in [2.24, 2.45) is 0 Å². The third-order valence-electron chi connectivity index (χ3n) is 3.40. The van der Waals surface area contributed by atoms with Gasteiger partial charge in [0, 0.05) is 18.6 Å². The third kappa shape index (κ3) is 2.71. The number of benzene rings is 1. The number of nitrogens with two attached hydrogens (primary N) is 1. The number of aromatic nitrogens is 4. The average Bonchev–Trinajstić information content (AvgIpc) is 2.91. The molecule has 0 saturated carbocycles. The summed E-state index contributed by atoms with van der Waals surface area (Å²) in [4.78, 5) is 24.4. The molecule has 0 aliphatic carbocycles. The maximum absolute atomic E-state index is 12.6. The van der Waals surface area contributed by atoms with Crippen molar-refractivity contribution in [3.05, 3.63) is 52.4 Å². The molecule has 8 nitrogen and oxygen atoms in total. The Kier molecular flexibility index (Phi) is 3.90. The summed E-state index contributed by atoms with van der Waals surface area (Å²) in [6, 6.07) is 9.82. The summed E-state index contributed by atoms with van der Waals surface area (Å²) in [5, 5.41) is 8.84. The van der Waals surface area contributed by atoms with Gasteiger partial charge >= 0.3 is 0 Å². The predicted molar refractivity (Wildman–Crippen MR) is 84.2 cm³/mol. The quantitative estimate of drug-likeness (QED) is 0.752. The number of hydrogen-bond donors (Lipinski definition) is 1. The van der Waals surface area contributed by atoms with Gasteiger partial charge in [-0.1, -0.05) is 12.1 Å². The highest BCUT2D eigenvalue weighted by Crippen LogP contribution is 2.20. The number of carbonyl (C=O) groups excluding carboxylic acids is 1. The maximum Gasteiger partial charge on any atom is 0.299 e. The molecule has 0 aliphatic rings. The number of para-hydroxylation sites is 1. The lowest BCUT2D eigenvalue weighted by molar-refractivity contribution is 0.0942. The highest BCUT2D eigenvalue weighted by molar-refractivity contribution is 6.02. The second kappa shape index (κ2) is 6.01. The molecule has 3 rings (SSSR count). The van der Waals surface area contributed by atoms with E-state index < -0.39 is 5.91 Å². The minimum Gasteiger partial charge on any atom is -0.383 e. The zero-order chi connectivity index (χ0) is 16.4. The number of nitrogen functional groups attached to an aromatic ring is 1. The maximum atomic E-state index is 12.6. The predicted octanol–water partition coefficient (Wildman–Crippen LogP) is 0.510.